The van der Waals surface area contributed by atoms with E-state index in [2.05, 4.69) is 31.9 Å². The van der Waals surface area contributed by atoms with Gasteiger partial charge in [-0.3, -0.25) is 4.84 Å². The van der Waals surface area contributed by atoms with Crippen LogP contribution in [0, 0.1) is 0 Å². The van der Waals surface area contributed by atoms with Crippen LogP contribution in [0.4, 0.5) is 0 Å². The summed E-state index contributed by atoms with van der Waals surface area (Å²) in [7, 11) is 6.44. The maximum Gasteiger partial charge on any atom is 0.117 e. The number of hydroxylamine groups is 1. The molecule has 5 heteroatoms. The maximum absolute atomic E-state index is 5.32. The van der Waals surface area contributed by atoms with Gasteiger partial charge in [-0.15, -0.1) is 0 Å². The summed E-state index contributed by atoms with van der Waals surface area (Å²) in [5.41, 5.74) is 8.23. The third kappa shape index (κ3) is 11.8. The van der Waals surface area contributed by atoms with E-state index in [4.69, 9.17) is 10.6 Å². The minimum Gasteiger partial charge on any atom is -0.329 e. The highest BCUT2D eigenvalue weighted by molar-refractivity contribution is 4.46. The van der Waals surface area contributed by atoms with Gasteiger partial charge in [0.05, 0.1) is 21.1 Å². The largest absolute Gasteiger partial charge is 0.329 e. The van der Waals surface area contributed by atoms with E-state index in [9.17, 15) is 0 Å². The Kier molecular flexibility index (Phi) is 8.02. The molecule has 0 fully saturated rings. The SMILES string of the molecule is C[N+](C)(C)CCONCCNCCN. The van der Waals surface area contributed by atoms with E-state index in [1.54, 1.807) is 0 Å². The molecule has 0 rings (SSSR count). The van der Waals surface area contributed by atoms with Crippen LogP contribution in [0.1, 0.15) is 0 Å². The van der Waals surface area contributed by atoms with Crippen LogP contribution in [0.25, 0.3) is 0 Å². The van der Waals surface area contributed by atoms with Gasteiger partial charge < -0.3 is 15.5 Å². The Balaban J connectivity index is 2.99. The zero-order valence-electron chi connectivity index (χ0n) is 9.68. The molecule has 0 bridgehead atoms. The van der Waals surface area contributed by atoms with Gasteiger partial charge in [0, 0.05) is 26.2 Å². The monoisotopic (exact) mass is 205 g/mol. The number of likely N-dealkylation sites (N-methyl/N-ethyl adjacent to an activating group) is 1. The van der Waals surface area contributed by atoms with Crippen LogP contribution in [-0.4, -0.2) is 65.0 Å². The quantitative estimate of drug-likeness (QED) is 0.250. The number of rotatable bonds is 9. The molecule has 0 aliphatic heterocycles. The first-order valence-corrected chi connectivity index (χ1v) is 5.12. The Labute approximate surface area is 87.1 Å². The van der Waals surface area contributed by atoms with E-state index in [-0.39, 0.29) is 0 Å². The van der Waals surface area contributed by atoms with Crippen LogP contribution in [0.5, 0.6) is 0 Å². The minimum atomic E-state index is 0.683. The van der Waals surface area contributed by atoms with Gasteiger partial charge in [0.15, 0.2) is 0 Å². The van der Waals surface area contributed by atoms with E-state index in [0.29, 0.717) is 6.54 Å². The topological polar surface area (TPSA) is 59.3 Å². The van der Waals surface area contributed by atoms with Gasteiger partial charge in [0.25, 0.3) is 0 Å². The van der Waals surface area contributed by atoms with E-state index >= 15 is 0 Å². The molecule has 14 heavy (non-hydrogen) atoms. The van der Waals surface area contributed by atoms with E-state index in [1.807, 2.05) is 0 Å². The Morgan fingerprint density at radius 2 is 1.86 bits per heavy atom. The van der Waals surface area contributed by atoms with Gasteiger partial charge in [-0.2, -0.15) is 0 Å². The summed E-state index contributed by atoms with van der Waals surface area (Å²) in [6.07, 6.45) is 0. The van der Waals surface area contributed by atoms with Gasteiger partial charge in [-0.05, 0) is 0 Å². The fraction of sp³-hybridized carbons (Fsp3) is 1.00. The third-order valence-electron chi connectivity index (χ3n) is 1.69. The van der Waals surface area contributed by atoms with Crippen LogP contribution in [0.3, 0.4) is 0 Å². The van der Waals surface area contributed by atoms with Crippen molar-refractivity contribution in [3.63, 3.8) is 0 Å². The van der Waals surface area contributed by atoms with Crippen molar-refractivity contribution in [3.8, 4) is 0 Å². The van der Waals surface area contributed by atoms with Gasteiger partial charge >= 0.3 is 0 Å². The van der Waals surface area contributed by atoms with Crippen LogP contribution >= 0.6 is 0 Å². The van der Waals surface area contributed by atoms with Crippen molar-refractivity contribution < 1.29 is 9.32 Å². The lowest BCUT2D eigenvalue weighted by atomic mass is 10.5. The molecule has 0 atom stereocenters. The maximum atomic E-state index is 5.32. The molecule has 0 aromatic rings. The molecule has 0 unspecified atom stereocenters. The van der Waals surface area contributed by atoms with Gasteiger partial charge in [0.1, 0.15) is 13.2 Å². The first-order valence-electron chi connectivity index (χ1n) is 5.12. The number of hydrogen-bond acceptors (Lipinski definition) is 4. The molecule has 0 saturated heterocycles. The highest BCUT2D eigenvalue weighted by Gasteiger charge is 2.05. The van der Waals surface area contributed by atoms with Crippen LogP contribution in [-0.2, 0) is 4.84 Å². The van der Waals surface area contributed by atoms with E-state index < -0.39 is 0 Å². The lowest BCUT2D eigenvalue weighted by Gasteiger charge is -2.23. The Hall–Kier alpha value is -0.200. The van der Waals surface area contributed by atoms with E-state index in [1.165, 1.54) is 0 Å². The average molecular weight is 205 g/mol. The smallest absolute Gasteiger partial charge is 0.117 e. The molecule has 86 valence electrons. The number of hydrogen-bond donors (Lipinski definition) is 3. The molecule has 0 aromatic carbocycles. The summed E-state index contributed by atoms with van der Waals surface area (Å²) in [4.78, 5) is 5.25. The summed E-state index contributed by atoms with van der Waals surface area (Å²) in [6.45, 7) is 4.99. The third-order valence-corrected chi connectivity index (χ3v) is 1.69. The normalized spacial score (nSPS) is 12.0. The minimum absolute atomic E-state index is 0.683. The zero-order chi connectivity index (χ0) is 10.9. The molecular formula is C9H25N4O+. The summed E-state index contributed by atoms with van der Waals surface area (Å²) in [5, 5.41) is 3.17. The second kappa shape index (κ2) is 8.14. The highest BCUT2D eigenvalue weighted by atomic mass is 16.6. The molecule has 0 aromatic heterocycles. The second-order valence-electron chi connectivity index (χ2n) is 4.30. The van der Waals surface area contributed by atoms with Crippen molar-refractivity contribution in [3.05, 3.63) is 0 Å². The highest BCUT2D eigenvalue weighted by Crippen LogP contribution is 1.87. The summed E-state index contributed by atoms with van der Waals surface area (Å²) < 4.78 is 0.924. The first kappa shape index (κ1) is 13.8. The first-order chi connectivity index (χ1) is 6.56. The molecule has 0 radical (unpaired) electrons. The lowest BCUT2D eigenvalue weighted by molar-refractivity contribution is -0.871. The van der Waals surface area contributed by atoms with Crippen molar-refractivity contribution in [2.45, 2.75) is 0 Å². The van der Waals surface area contributed by atoms with Gasteiger partial charge in [0.2, 0.25) is 0 Å². The molecular weight excluding hydrogens is 180 g/mol. The molecule has 4 N–H and O–H groups in total. The molecule has 5 nitrogen and oxygen atoms in total. The Morgan fingerprint density at radius 3 is 2.43 bits per heavy atom. The molecule has 0 spiro atoms. The second-order valence-corrected chi connectivity index (χ2v) is 4.30. The van der Waals surface area contributed by atoms with E-state index in [0.717, 1.165) is 37.3 Å². The van der Waals surface area contributed by atoms with Crippen molar-refractivity contribution in [1.82, 2.24) is 10.8 Å². The van der Waals surface area contributed by atoms with Crippen molar-refractivity contribution >= 4 is 0 Å². The molecule has 0 aliphatic carbocycles. The lowest BCUT2D eigenvalue weighted by Crippen LogP contribution is -2.39. The van der Waals surface area contributed by atoms with Gasteiger partial charge in [-0.1, -0.05) is 0 Å². The van der Waals surface area contributed by atoms with Crippen LogP contribution in [0.2, 0.25) is 0 Å². The van der Waals surface area contributed by atoms with Crippen molar-refractivity contribution in [2.75, 3.05) is 60.5 Å². The predicted octanol–water partition coefficient (Wildman–Crippen LogP) is -1.24. The number of nitrogens with two attached hydrogens (primary N) is 1. The summed E-state index contributed by atoms with van der Waals surface area (Å²) in [6, 6.07) is 0. The number of nitrogens with zero attached hydrogens (tertiary/aromatic N) is 1. The average Bonchev–Trinajstić information content (AvgIpc) is 2.08. The fourth-order valence-corrected chi connectivity index (χ4v) is 0.830. The zero-order valence-corrected chi connectivity index (χ0v) is 9.68. The summed E-state index contributed by atoms with van der Waals surface area (Å²) in [5.74, 6) is 0. The molecule has 0 aliphatic rings. The standard InChI is InChI=1S/C9H25N4O/c1-13(2,3)8-9-14-12-7-6-11-5-4-10/h11-12H,4-10H2,1-3H3/q+1. The predicted molar refractivity (Wildman–Crippen MR) is 58.8 cm³/mol. The van der Waals surface area contributed by atoms with Crippen molar-refractivity contribution in [2.24, 2.45) is 5.73 Å². The van der Waals surface area contributed by atoms with Crippen molar-refractivity contribution in [1.29, 1.82) is 0 Å². The Bertz CT molecular complexity index is 124. The molecule has 0 saturated carbocycles. The summed E-state index contributed by atoms with van der Waals surface area (Å²) >= 11 is 0. The van der Waals surface area contributed by atoms with Crippen LogP contribution < -0.4 is 16.5 Å². The molecule has 0 heterocycles. The Morgan fingerprint density at radius 1 is 1.14 bits per heavy atom. The number of nitrogens with one attached hydrogen (secondary N) is 2. The fourth-order valence-electron chi connectivity index (χ4n) is 0.830. The number of quaternary nitrogens is 1. The van der Waals surface area contributed by atoms with Gasteiger partial charge in [-0.25, -0.2) is 5.48 Å². The molecule has 0 amide bonds. The van der Waals surface area contributed by atoms with Crippen LogP contribution in [0.15, 0.2) is 0 Å².